The molecule has 0 aromatic heterocycles. The van der Waals surface area contributed by atoms with Gasteiger partial charge in [-0.15, -0.1) is 0 Å². The first-order chi connectivity index (χ1) is 11.5. The smallest absolute Gasteiger partial charge is 0.254 e. The van der Waals surface area contributed by atoms with Crippen molar-refractivity contribution in [2.75, 3.05) is 13.1 Å². The monoisotopic (exact) mass is 322 g/mol. The van der Waals surface area contributed by atoms with Gasteiger partial charge in [0.05, 0.1) is 12.5 Å². The average Bonchev–Trinajstić information content (AvgIpc) is 2.76. The van der Waals surface area contributed by atoms with E-state index in [0.717, 1.165) is 16.7 Å². The van der Waals surface area contributed by atoms with E-state index in [9.17, 15) is 9.59 Å². The zero-order valence-electron chi connectivity index (χ0n) is 14.1. The van der Waals surface area contributed by atoms with E-state index in [0.29, 0.717) is 25.1 Å². The zero-order chi connectivity index (χ0) is 17.1. The second-order valence-electron chi connectivity index (χ2n) is 6.36. The van der Waals surface area contributed by atoms with Crippen molar-refractivity contribution in [2.45, 2.75) is 26.3 Å². The van der Waals surface area contributed by atoms with E-state index in [-0.39, 0.29) is 17.9 Å². The molecule has 1 atom stereocenters. The minimum atomic E-state index is -0.234. The molecule has 2 amide bonds. The number of carbonyl (C=O) groups is 2. The maximum Gasteiger partial charge on any atom is 0.254 e. The van der Waals surface area contributed by atoms with E-state index in [1.165, 1.54) is 0 Å². The van der Waals surface area contributed by atoms with E-state index >= 15 is 0 Å². The third-order valence-corrected chi connectivity index (χ3v) is 4.34. The van der Waals surface area contributed by atoms with E-state index in [2.05, 4.69) is 11.4 Å². The summed E-state index contributed by atoms with van der Waals surface area (Å²) in [5, 5.41) is 2.87. The second-order valence-corrected chi connectivity index (χ2v) is 6.36. The van der Waals surface area contributed by atoms with Crippen LogP contribution in [0.2, 0.25) is 0 Å². The first kappa shape index (κ1) is 16.2. The number of hydrogen-bond donors (Lipinski definition) is 1. The lowest BCUT2D eigenvalue weighted by molar-refractivity contribution is -0.121. The number of carbonyl (C=O) groups excluding carboxylic acids is 2. The quantitative estimate of drug-likeness (QED) is 0.924. The minimum absolute atomic E-state index is 0.0143. The van der Waals surface area contributed by atoms with Crippen molar-refractivity contribution in [3.8, 4) is 0 Å². The van der Waals surface area contributed by atoms with Crippen molar-refractivity contribution < 1.29 is 9.59 Å². The Hall–Kier alpha value is -2.62. The number of nitrogens with one attached hydrogen (secondary N) is 1. The number of rotatable bonds is 2. The van der Waals surface area contributed by atoms with Gasteiger partial charge in [-0.3, -0.25) is 9.59 Å². The van der Waals surface area contributed by atoms with Crippen LogP contribution in [0.5, 0.6) is 0 Å². The number of aryl methyl sites for hydroxylation is 2. The molecule has 1 heterocycles. The number of nitrogens with zero attached hydrogens (tertiary/aromatic N) is 1. The van der Waals surface area contributed by atoms with Crippen LogP contribution >= 0.6 is 0 Å². The lowest BCUT2D eigenvalue weighted by atomic mass is 10.00. The van der Waals surface area contributed by atoms with Crippen molar-refractivity contribution in [2.24, 2.45) is 0 Å². The van der Waals surface area contributed by atoms with Gasteiger partial charge in [-0.1, -0.05) is 47.5 Å². The molecule has 1 aliphatic heterocycles. The zero-order valence-corrected chi connectivity index (χ0v) is 14.1. The molecule has 0 aliphatic carbocycles. The van der Waals surface area contributed by atoms with Crippen LogP contribution in [-0.2, 0) is 4.79 Å². The van der Waals surface area contributed by atoms with Gasteiger partial charge >= 0.3 is 0 Å². The highest BCUT2D eigenvalue weighted by atomic mass is 16.2. The minimum Gasteiger partial charge on any atom is -0.354 e. The Kier molecular flexibility index (Phi) is 4.65. The summed E-state index contributed by atoms with van der Waals surface area (Å²) >= 11 is 0. The standard InChI is InChI=1S/C20H22N2O2/c1-14-10-15(2)12-17(11-14)20(24)22-9-8-21-19(23)13-18(22)16-6-4-3-5-7-16/h3-7,10-12,18H,8-9,13H2,1-2H3,(H,21,23). The van der Waals surface area contributed by atoms with Crippen molar-refractivity contribution >= 4 is 11.8 Å². The Morgan fingerprint density at radius 2 is 1.75 bits per heavy atom. The topological polar surface area (TPSA) is 49.4 Å². The second kappa shape index (κ2) is 6.87. The molecular formula is C20H22N2O2. The third-order valence-electron chi connectivity index (χ3n) is 4.34. The van der Waals surface area contributed by atoms with Gasteiger partial charge in [0.25, 0.3) is 5.91 Å². The summed E-state index contributed by atoms with van der Waals surface area (Å²) in [5.74, 6) is -0.0354. The van der Waals surface area contributed by atoms with Gasteiger partial charge < -0.3 is 10.2 Å². The average molecular weight is 322 g/mol. The fourth-order valence-electron chi connectivity index (χ4n) is 3.31. The Morgan fingerprint density at radius 1 is 1.08 bits per heavy atom. The summed E-state index contributed by atoms with van der Waals surface area (Å²) in [6, 6.07) is 15.4. The fourth-order valence-corrected chi connectivity index (χ4v) is 3.31. The normalized spacial score (nSPS) is 18.0. The molecule has 1 unspecified atom stereocenters. The maximum atomic E-state index is 13.1. The molecule has 0 spiro atoms. The van der Waals surface area contributed by atoms with Crippen LogP contribution < -0.4 is 5.32 Å². The summed E-state index contributed by atoms with van der Waals surface area (Å²) in [6.45, 7) is 4.98. The Labute approximate surface area is 142 Å². The molecule has 4 nitrogen and oxygen atoms in total. The van der Waals surface area contributed by atoms with E-state index in [1.54, 1.807) is 0 Å². The molecule has 0 saturated carbocycles. The number of benzene rings is 2. The molecule has 3 rings (SSSR count). The predicted molar refractivity (Wildman–Crippen MR) is 93.8 cm³/mol. The van der Waals surface area contributed by atoms with Gasteiger partial charge in [-0.2, -0.15) is 0 Å². The van der Waals surface area contributed by atoms with Crippen molar-refractivity contribution in [1.29, 1.82) is 0 Å². The van der Waals surface area contributed by atoms with Crippen LogP contribution in [0.4, 0.5) is 0 Å². The van der Waals surface area contributed by atoms with Crippen LogP contribution in [-0.4, -0.2) is 29.8 Å². The molecule has 4 heteroatoms. The highest BCUT2D eigenvalue weighted by Crippen LogP contribution is 2.27. The van der Waals surface area contributed by atoms with Crippen LogP contribution in [0.1, 0.15) is 39.5 Å². The fraction of sp³-hybridized carbons (Fsp3) is 0.300. The SMILES string of the molecule is Cc1cc(C)cc(C(=O)N2CCNC(=O)CC2c2ccccc2)c1. The number of hydrogen-bond acceptors (Lipinski definition) is 2. The first-order valence-corrected chi connectivity index (χ1v) is 8.25. The van der Waals surface area contributed by atoms with E-state index in [1.807, 2.05) is 61.2 Å². The molecule has 1 aliphatic rings. The largest absolute Gasteiger partial charge is 0.354 e. The van der Waals surface area contributed by atoms with Gasteiger partial charge in [0.15, 0.2) is 0 Å². The Morgan fingerprint density at radius 3 is 2.42 bits per heavy atom. The first-order valence-electron chi connectivity index (χ1n) is 8.25. The molecule has 1 saturated heterocycles. The van der Waals surface area contributed by atoms with E-state index in [4.69, 9.17) is 0 Å². The molecule has 124 valence electrons. The summed E-state index contributed by atoms with van der Waals surface area (Å²) in [4.78, 5) is 27.0. The van der Waals surface area contributed by atoms with Gasteiger partial charge in [-0.25, -0.2) is 0 Å². The number of amides is 2. The van der Waals surface area contributed by atoms with Gasteiger partial charge in [0.1, 0.15) is 0 Å². The van der Waals surface area contributed by atoms with Crippen molar-refractivity contribution in [3.05, 3.63) is 70.8 Å². The molecular weight excluding hydrogens is 300 g/mol. The molecule has 24 heavy (non-hydrogen) atoms. The highest BCUT2D eigenvalue weighted by molar-refractivity contribution is 5.95. The van der Waals surface area contributed by atoms with E-state index < -0.39 is 0 Å². The van der Waals surface area contributed by atoms with Gasteiger partial charge in [0.2, 0.25) is 5.91 Å². The molecule has 2 aromatic rings. The summed E-state index contributed by atoms with van der Waals surface area (Å²) in [5.41, 5.74) is 3.81. The Balaban J connectivity index is 1.98. The lowest BCUT2D eigenvalue weighted by Gasteiger charge is -2.30. The van der Waals surface area contributed by atoms with Crippen molar-refractivity contribution in [3.63, 3.8) is 0 Å². The summed E-state index contributed by atoms with van der Waals surface area (Å²) < 4.78 is 0. The molecule has 0 bridgehead atoms. The maximum absolute atomic E-state index is 13.1. The predicted octanol–water partition coefficient (Wildman–Crippen LogP) is 3.01. The highest BCUT2D eigenvalue weighted by Gasteiger charge is 2.30. The van der Waals surface area contributed by atoms with Crippen LogP contribution in [0.3, 0.4) is 0 Å². The van der Waals surface area contributed by atoms with Gasteiger partial charge in [0, 0.05) is 18.7 Å². The van der Waals surface area contributed by atoms with Crippen LogP contribution in [0.15, 0.2) is 48.5 Å². The lowest BCUT2D eigenvalue weighted by Crippen LogP contribution is -2.36. The van der Waals surface area contributed by atoms with Crippen molar-refractivity contribution in [1.82, 2.24) is 10.2 Å². The molecule has 1 N–H and O–H groups in total. The molecule has 0 radical (unpaired) electrons. The van der Waals surface area contributed by atoms with Gasteiger partial charge in [-0.05, 0) is 31.5 Å². The Bertz CT molecular complexity index is 735. The third kappa shape index (κ3) is 3.48. The molecule has 1 fully saturated rings. The molecule has 2 aromatic carbocycles. The van der Waals surface area contributed by atoms with Crippen LogP contribution in [0.25, 0.3) is 0 Å². The summed E-state index contributed by atoms with van der Waals surface area (Å²) in [7, 11) is 0. The summed E-state index contributed by atoms with van der Waals surface area (Å²) in [6.07, 6.45) is 0.292. The van der Waals surface area contributed by atoms with Crippen LogP contribution in [0, 0.1) is 13.8 Å².